The van der Waals surface area contributed by atoms with Gasteiger partial charge >= 0.3 is 0 Å². The van der Waals surface area contributed by atoms with E-state index in [1.807, 2.05) is 6.92 Å². The van der Waals surface area contributed by atoms with Crippen molar-refractivity contribution in [2.75, 3.05) is 20.1 Å². The van der Waals surface area contributed by atoms with E-state index in [-0.39, 0.29) is 11.8 Å². The molecule has 12 heavy (non-hydrogen) atoms. The van der Waals surface area contributed by atoms with E-state index >= 15 is 0 Å². The van der Waals surface area contributed by atoms with Crippen molar-refractivity contribution in [1.82, 2.24) is 10.2 Å². The number of aliphatic hydroxyl groups is 1. The lowest BCUT2D eigenvalue weighted by Gasteiger charge is -2.17. The van der Waals surface area contributed by atoms with Gasteiger partial charge in [-0.25, -0.2) is 0 Å². The fraction of sp³-hybridized carbons (Fsp3) is 0.875. The topological polar surface area (TPSA) is 52.6 Å². The number of nitrogens with one attached hydrogen (secondary N) is 1. The van der Waals surface area contributed by atoms with E-state index in [1.54, 1.807) is 11.9 Å². The maximum atomic E-state index is 11.2. The van der Waals surface area contributed by atoms with Crippen LogP contribution in [0.25, 0.3) is 0 Å². The normalized spacial score (nSPS) is 26.4. The summed E-state index contributed by atoms with van der Waals surface area (Å²) in [5.74, 6) is 0.208. The largest absolute Gasteiger partial charge is 0.378 e. The van der Waals surface area contributed by atoms with Crippen LogP contribution < -0.4 is 5.32 Å². The second-order valence-corrected chi connectivity index (χ2v) is 3.13. The van der Waals surface area contributed by atoms with E-state index in [0.717, 1.165) is 6.54 Å². The maximum Gasteiger partial charge on any atom is 0.223 e. The number of carbonyl (C=O) groups excluding carboxylic acids is 1. The molecule has 0 aromatic carbocycles. The summed E-state index contributed by atoms with van der Waals surface area (Å²) in [5, 5.41) is 12.1. The second-order valence-electron chi connectivity index (χ2n) is 3.13. The Hall–Kier alpha value is -0.610. The molecule has 1 saturated heterocycles. The van der Waals surface area contributed by atoms with Gasteiger partial charge in [0.2, 0.25) is 5.91 Å². The first-order valence-corrected chi connectivity index (χ1v) is 4.32. The summed E-state index contributed by atoms with van der Waals surface area (Å²) < 4.78 is 0. The lowest BCUT2D eigenvalue weighted by molar-refractivity contribution is -0.127. The van der Waals surface area contributed by atoms with Gasteiger partial charge in [-0.3, -0.25) is 10.1 Å². The van der Waals surface area contributed by atoms with Gasteiger partial charge in [0.1, 0.15) is 6.23 Å². The lowest BCUT2D eigenvalue weighted by atomic mass is 10.1. The Morgan fingerprint density at radius 3 is 2.92 bits per heavy atom. The molecule has 1 amide bonds. The van der Waals surface area contributed by atoms with Gasteiger partial charge in [0, 0.05) is 25.4 Å². The number of hydrogen-bond donors (Lipinski definition) is 2. The molecule has 0 aliphatic carbocycles. The zero-order chi connectivity index (χ0) is 9.14. The van der Waals surface area contributed by atoms with Crippen LogP contribution in [0.2, 0.25) is 0 Å². The highest BCUT2D eigenvalue weighted by Crippen LogP contribution is 2.19. The van der Waals surface area contributed by atoms with Crippen LogP contribution in [-0.4, -0.2) is 42.3 Å². The van der Waals surface area contributed by atoms with Gasteiger partial charge < -0.3 is 10.0 Å². The van der Waals surface area contributed by atoms with Crippen molar-refractivity contribution in [3.05, 3.63) is 0 Å². The summed E-state index contributed by atoms with van der Waals surface area (Å²) in [5.41, 5.74) is 0. The molecule has 1 aliphatic heterocycles. The monoisotopic (exact) mass is 172 g/mol. The number of hydrogen-bond acceptors (Lipinski definition) is 3. The molecule has 1 rings (SSSR count). The van der Waals surface area contributed by atoms with Crippen LogP contribution in [0.15, 0.2) is 0 Å². The molecule has 0 radical (unpaired) electrons. The SMILES string of the molecule is CCN1CC(C(O)NC)CC1=O. The third-order valence-corrected chi connectivity index (χ3v) is 2.37. The minimum absolute atomic E-state index is 0.0578. The number of amides is 1. The Kier molecular flexibility index (Phi) is 3.05. The van der Waals surface area contributed by atoms with Crippen LogP contribution in [0.4, 0.5) is 0 Å². The van der Waals surface area contributed by atoms with Gasteiger partial charge in [0.25, 0.3) is 0 Å². The van der Waals surface area contributed by atoms with E-state index in [0.29, 0.717) is 13.0 Å². The fourth-order valence-electron chi connectivity index (χ4n) is 1.56. The first kappa shape index (κ1) is 9.48. The first-order valence-electron chi connectivity index (χ1n) is 4.32. The number of aliphatic hydroxyl groups excluding tert-OH is 1. The van der Waals surface area contributed by atoms with Crippen LogP contribution in [0, 0.1) is 5.92 Å². The van der Waals surface area contributed by atoms with E-state index < -0.39 is 6.23 Å². The summed E-state index contributed by atoms with van der Waals surface area (Å²) in [7, 11) is 1.70. The average molecular weight is 172 g/mol. The zero-order valence-electron chi connectivity index (χ0n) is 7.58. The number of likely N-dealkylation sites (tertiary alicyclic amines) is 1. The predicted molar refractivity (Wildman–Crippen MR) is 45.4 cm³/mol. The minimum atomic E-state index is -0.550. The van der Waals surface area contributed by atoms with Crippen LogP contribution in [0.5, 0.6) is 0 Å². The van der Waals surface area contributed by atoms with Crippen molar-refractivity contribution in [1.29, 1.82) is 0 Å². The Labute approximate surface area is 72.6 Å². The molecule has 0 saturated carbocycles. The number of nitrogens with zero attached hydrogens (tertiary/aromatic N) is 1. The Morgan fingerprint density at radius 2 is 2.50 bits per heavy atom. The van der Waals surface area contributed by atoms with Crippen LogP contribution in [0.1, 0.15) is 13.3 Å². The molecule has 1 fully saturated rings. The smallest absolute Gasteiger partial charge is 0.223 e. The number of rotatable bonds is 3. The van der Waals surface area contributed by atoms with Gasteiger partial charge in [-0.2, -0.15) is 0 Å². The molecular weight excluding hydrogens is 156 g/mol. The minimum Gasteiger partial charge on any atom is -0.378 e. The van der Waals surface area contributed by atoms with Crippen LogP contribution in [0.3, 0.4) is 0 Å². The zero-order valence-corrected chi connectivity index (χ0v) is 7.58. The Bertz CT molecular complexity index is 172. The average Bonchev–Trinajstić information content (AvgIpc) is 2.45. The van der Waals surface area contributed by atoms with Crippen molar-refractivity contribution in [2.45, 2.75) is 19.6 Å². The van der Waals surface area contributed by atoms with Gasteiger partial charge in [-0.15, -0.1) is 0 Å². The molecule has 4 heteroatoms. The van der Waals surface area contributed by atoms with Crippen molar-refractivity contribution in [2.24, 2.45) is 5.92 Å². The number of carbonyl (C=O) groups is 1. The highest BCUT2D eigenvalue weighted by molar-refractivity contribution is 5.78. The molecule has 70 valence electrons. The van der Waals surface area contributed by atoms with Crippen LogP contribution in [-0.2, 0) is 4.79 Å². The van der Waals surface area contributed by atoms with E-state index in [9.17, 15) is 9.90 Å². The third-order valence-electron chi connectivity index (χ3n) is 2.37. The molecule has 0 aromatic heterocycles. The van der Waals surface area contributed by atoms with Gasteiger partial charge in [-0.05, 0) is 14.0 Å². The second kappa shape index (κ2) is 3.87. The molecular formula is C8H16N2O2. The van der Waals surface area contributed by atoms with Gasteiger partial charge in [0.15, 0.2) is 0 Å². The molecule has 0 aromatic rings. The van der Waals surface area contributed by atoms with E-state index in [4.69, 9.17) is 0 Å². The highest BCUT2D eigenvalue weighted by atomic mass is 16.3. The van der Waals surface area contributed by atoms with Crippen LogP contribution >= 0.6 is 0 Å². The predicted octanol–water partition coefficient (Wildman–Crippen LogP) is -0.607. The van der Waals surface area contributed by atoms with Crippen molar-refractivity contribution in [3.63, 3.8) is 0 Å². The maximum absolute atomic E-state index is 11.2. The first-order chi connectivity index (χ1) is 5.69. The van der Waals surface area contributed by atoms with Gasteiger partial charge in [0.05, 0.1) is 0 Å². The molecule has 1 heterocycles. The molecule has 4 nitrogen and oxygen atoms in total. The molecule has 2 atom stereocenters. The summed E-state index contributed by atoms with van der Waals surface area (Å²) in [6.07, 6.45) is -0.0824. The summed E-state index contributed by atoms with van der Waals surface area (Å²) in [6.45, 7) is 3.37. The molecule has 0 spiro atoms. The summed E-state index contributed by atoms with van der Waals surface area (Å²) in [4.78, 5) is 13.0. The summed E-state index contributed by atoms with van der Waals surface area (Å²) >= 11 is 0. The van der Waals surface area contributed by atoms with Crippen molar-refractivity contribution in [3.8, 4) is 0 Å². The quantitative estimate of drug-likeness (QED) is 0.558. The molecule has 2 unspecified atom stereocenters. The van der Waals surface area contributed by atoms with Gasteiger partial charge in [-0.1, -0.05) is 0 Å². The third kappa shape index (κ3) is 1.76. The summed E-state index contributed by atoms with van der Waals surface area (Å²) in [6, 6.07) is 0. The van der Waals surface area contributed by atoms with E-state index in [1.165, 1.54) is 0 Å². The molecule has 0 bridgehead atoms. The highest BCUT2D eigenvalue weighted by Gasteiger charge is 2.32. The van der Waals surface area contributed by atoms with Crippen molar-refractivity contribution >= 4 is 5.91 Å². The fourth-order valence-corrected chi connectivity index (χ4v) is 1.56. The van der Waals surface area contributed by atoms with Crippen molar-refractivity contribution < 1.29 is 9.90 Å². The lowest BCUT2D eigenvalue weighted by Crippen LogP contribution is -2.35. The Morgan fingerprint density at radius 1 is 1.83 bits per heavy atom. The standard InChI is InChI=1S/C8H16N2O2/c1-3-10-5-6(4-7(10)11)8(12)9-2/h6,8-9,12H,3-5H2,1-2H3. The molecule has 2 N–H and O–H groups in total. The van der Waals surface area contributed by atoms with E-state index in [2.05, 4.69) is 5.32 Å². The Balaban J connectivity index is 2.48. The molecule has 1 aliphatic rings.